The number of amides is 2. The van der Waals surface area contributed by atoms with Gasteiger partial charge in [0.05, 0.1) is 6.04 Å². The van der Waals surface area contributed by atoms with E-state index in [1.807, 2.05) is 0 Å². The van der Waals surface area contributed by atoms with E-state index >= 15 is 0 Å². The van der Waals surface area contributed by atoms with Crippen LogP contribution in [0, 0.1) is 12.3 Å². The first-order valence-corrected chi connectivity index (χ1v) is 5.78. The molecule has 1 rings (SSSR count). The Morgan fingerprint density at radius 2 is 1.94 bits per heavy atom. The molecule has 0 saturated heterocycles. The SMILES string of the molecule is C#CC(C)NC(=O)NC1(C(=O)O)CCCCC1. The summed E-state index contributed by atoms with van der Waals surface area (Å²) in [4.78, 5) is 22.9. The van der Waals surface area contributed by atoms with Crippen molar-refractivity contribution in [3.8, 4) is 12.3 Å². The number of carbonyl (C=O) groups excluding carboxylic acids is 1. The second kappa shape index (κ2) is 5.58. The summed E-state index contributed by atoms with van der Waals surface area (Å²) < 4.78 is 0. The maximum atomic E-state index is 11.6. The highest BCUT2D eigenvalue weighted by atomic mass is 16.4. The molecule has 3 N–H and O–H groups in total. The Labute approximate surface area is 101 Å². The van der Waals surface area contributed by atoms with E-state index in [1.54, 1.807) is 6.92 Å². The summed E-state index contributed by atoms with van der Waals surface area (Å²) in [7, 11) is 0. The summed E-state index contributed by atoms with van der Waals surface area (Å²) in [6.07, 6.45) is 8.73. The van der Waals surface area contributed by atoms with E-state index in [2.05, 4.69) is 16.6 Å². The van der Waals surface area contributed by atoms with Gasteiger partial charge in [0.1, 0.15) is 5.54 Å². The van der Waals surface area contributed by atoms with Gasteiger partial charge in [0.15, 0.2) is 0 Å². The molecule has 0 spiro atoms. The van der Waals surface area contributed by atoms with Crippen molar-refractivity contribution < 1.29 is 14.7 Å². The van der Waals surface area contributed by atoms with Crippen LogP contribution in [0.15, 0.2) is 0 Å². The lowest BCUT2D eigenvalue weighted by molar-refractivity contribution is -0.145. The maximum Gasteiger partial charge on any atom is 0.329 e. The first kappa shape index (κ1) is 13.4. The van der Waals surface area contributed by atoms with Crippen molar-refractivity contribution in [2.75, 3.05) is 0 Å². The minimum Gasteiger partial charge on any atom is -0.480 e. The van der Waals surface area contributed by atoms with Crippen molar-refractivity contribution >= 4 is 12.0 Å². The number of rotatable bonds is 3. The smallest absolute Gasteiger partial charge is 0.329 e. The number of carboxylic acids is 1. The lowest BCUT2D eigenvalue weighted by Crippen LogP contribution is -2.58. The van der Waals surface area contributed by atoms with Crippen molar-refractivity contribution in [1.29, 1.82) is 0 Å². The van der Waals surface area contributed by atoms with Gasteiger partial charge in [0, 0.05) is 0 Å². The van der Waals surface area contributed by atoms with Gasteiger partial charge < -0.3 is 15.7 Å². The molecule has 0 aromatic rings. The van der Waals surface area contributed by atoms with Crippen LogP contribution in [0.2, 0.25) is 0 Å². The monoisotopic (exact) mass is 238 g/mol. The minimum absolute atomic E-state index is 0.413. The highest BCUT2D eigenvalue weighted by Crippen LogP contribution is 2.28. The molecule has 0 heterocycles. The molecule has 1 aliphatic carbocycles. The number of urea groups is 1. The van der Waals surface area contributed by atoms with Crippen LogP contribution >= 0.6 is 0 Å². The third-order valence-electron chi connectivity index (χ3n) is 3.07. The van der Waals surface area contributed by atoms with Crippen LogP contribution < -0.4 is 10.6 Å². The molecule has 1 unspecified atom stereocenters. The molecular weight excluding hydrogens is 220 g/mol. The van der Waals surface area contributed by atoms with E-state index in [-0.39, 0.29) is 0 Å². The molecule has 1 aliphatic rings. The van der Waals surface area contributed by atoms with E-state index in [9.17, 15) is 14.7 Å². The van der Waals surface area contributed by atoms with Crippen LogP contribution in [-0.4, -0.2) is 28.7 Å². The van der Waals surface area contributed by atoms with Crippen LogP contribution in [0.3, 0.4) is 0 Å². The zero-order chi connectivity index (χ0) is 12.9. The number of terminal acetylenes is 1. The maximum absolute atomic E-state index is 11.6. The summed E-state index contributed by atoms with van der Waals surface area (Å²) in [5.74, 6) is 1.38. The van der Waals surface area contributed by atoms with Gasteiger partial charge >= 0.3 is 12.0 Å². The van der Waals surface area contributed by atoms with E-state index in [4.69, 9.17) is 6.42 Å². The van der Waals surface area contributed by atoms with E-state index in [1.165, 1.54) is 0 Å². The van der Waals surface area contributed by atoms with Crippen molar-refractivity contribution in [2.24, 2.45) is 0 Å². The molecule has 94 valence electrons. The molecule has 0 radical (unpaired) electrons. The van der Waals surface area contributed by atoms with E-state index in [0.29, 0.717) is 12.8 Å². The van der Waals surface area contributed by atoms with Gasteiger partial charge in [-0.25, -0.2) is 9.59 Å². The first-order valence-electron chi connectivity index (χ1n) is 5.78. The Morgan fingerprint density at radius 1 is 1.35 bits per heavy atom. The van der Waals surface area contributed by atoms with Crippen LogP contribution in [0.25, 0.3) is 0 Å². The van der Waals surface area contributed by atoms with Crippen molar-refractivity contribution in [2.45, 2.75) is 50.6 Å². The topological polar surface area (TPSA) is 78.4 Å². The molecule has 5 heteroatoms. The molecule has 17 heavy (non-hydrogen) atoms. The summed E-state index contributed by atoms with van der Waals surface area (Å²) >= 11 is 0. The lowest BCUT2D eigenvalue weighted by Gasteiger charge is -2.34. The average Bonchev–Trinajstić information content (AvgIpc) is 2.29. The fourth-order valence-corrected chi connectivity index (χ4v) is 2.04. The number of aliphatic carboxylic acids is 1. The fraction of sp³-hybridized carbons (Fsp3) is 0.667. The quantitative estimate of drug-likeness (QED) is 0.644. The Bertz CT molecular complexity index is 340. The van der Waals surface area contributed by atoms with Crippen molar-refractivity contribution in [3.05, 3.63) is 0 Å². The molecular formula is C12H18N2O3. The molecule has 0 aliphatic heterocycles. The third-order valence-corrected chi connectivity index (χ3v) is 3.07. The third kappa shape index (κ3) is 3.38. The van der Waals surface area contributed by atoms with Crippen LogP contribution in [-0.2, 0) is 4.79 Å². The predicted octanol–water partition coefficient (Wildman–Crippen LogP) is 1.09. The van der Waals surface area contributed by atoms with Gasteiger partial charge in [-0.3, -0.25) is 0 Å². The molecule has 5 nitrogen and oxygen atoms in total. The van der Waals surface area contributed by atoms with Gasteiger partial charge in [0.25, 0.3) is 0 Å². The molecule has 0 aromatic heterocycles. The normalized spacial score (nSPS) is 19.8. The molecule has 1 atom stereocenters. The Morgan fingerprint density at radius 3 is 2.41 bits per heavy atom. The van der Waals surface area contributed by atoms with Crippen molar-refractivity contribution in [1.82, 2.24) is 10.6 Å². The van der Waals surface area contributed by atoms with Crippen molar-refractivity contribution in [3.63, 3.8) is 0 Å². The van der Waals surface area contributed by atoms with Gasteiger partial charge in [-0.15, -0.1) is 6.42 Å². The molecule has 0 bridgehead atoms. The van der Waals surface area contributed by atoms with E-state index in [0.717, 1.165) is 19.3 Å². The number of nitrogens with one attached hydrogen (secondary N) is 2. The molecule has 2 amide bonds. The average molecular weight is 238 g/mol. The molecule has 1 saturated carbocycles. The number of carboxylic acid groups (broad SMARTS) is 1. The standard InChI is InChI=1S/C12H18N2O3/c1-3-9(2)13-11(17)14-12(10(15)16)7-5-4-6-8-12/h1,9H,4-8H2,2H3,(H,15,16)(H2,13,14,17). The molecule has 1 fully saturated rings. The number of carbonyl (C=O) groups is 2. The highest BCUT2D eigenvalue weighted by molar-refractivity contribution is 5.86. The first-order chi connectivity index (χ1) is 8.00. The Hall–Kier alpha value is -1.70. The largest absolute Gasteiger partial charge is 0.480 e. The van der Waals surface area contributed by atoms with Gasteiger partial charge in [0.2, 0.25) is 0 Å². The second-order valence-corrected chi connectivity index (χ2v) is 4.43. The summed E-state index contributed by atoms with van der Waals surface area (Å²) in [6, 6.07) is -0.927. The minimum atomic E-state index is -1.13. The van der Waals surface area contributed by atoms with Crippen LogP contribution in [0.1, 0.15) is 39.0 Å². The van der Waals surface area contributed by atoms with Crippen LogP contribution in [0.5, 0.6) is 0 Å². The van der Waals surface area contributed by atoms with Gasteiger partial charge in [-0.1, -0.05) is 25.2 Å². The predicted molar refractivity (Wildman–Crippen MR) is 63.4 cm³/mol. The lowest BCUT2D eigenvalue weighted by atomic mass is 9.82. The summed E-state index contributed by atoms with van der Waals surface area (Å²) in [5, 5.41) is 14.3. The number of hydrogen-bond donors (Lipinski definition) is 3. The zero-order valence-electron chi connectivity index (χ0n) is 9.95. The Kier molecular flexibility index (Phi) is 4.38. The second-order valence-electron chi connectivity index (χ2n) is 4.43. The van der Waals surface area contributed by atoms with E-state index < -0.39 is 23.6 Å². The summed E-state index contributed by atoms with van der Waals surface area (Å²) in [5.41, 5.74) is -1.13. The fourth-order valence-electron chi connectivity index (χ4n) is 2.04. The summed E-state index contributed by atoms with van der Waals surface area (Å²) in [6.45, 7) is 1.66. The van der Waals surface area contributed by atoms with Gasteiger partial charge in [-0.2, -0.15) is 0 Å². The van der Waals surface area contributed by atoms with Crippen LogP contribution in [0.4, 0.5) is 4.79 Å². The highest BCUT2D eigenvalue weighted by Gasteiger charge is 2.41. The number of hydrogen-bond acceptors (Lipinski definition) is 2. The Balaban J connectivity index is 2.64. The zero-order valence-corrected chi connectivity index (χ0v) is 9.95. The molecule has 0 aromatic carbocycles. The van der Waals surface area contributed by atoms with Gasteiger partial charge in [-0.05, 0) is 19.8 Å².